The van der Waals surface area contributed by atoms with Crippen molar-refractivity contribution < 1.29 is 0 Å². The van der Waals surface area contributed by atoms with Gasteiger partial charge in [0.1, 0.15) is 0 Å². The van der Waals surface area contributed by atoms with E-state index < -0.39 is 0 Å². The fourth-order valence-corrected chi connectivity index (χ4v) is 1.35. The Labute approximate surface area is 230 Å². The summed E-state index contributed by atoms with van der Waals surface area (Å²) in [7, 11) is 0. The number of hydrogen-bond donors (Lipinski definition) is 0. The zero-order valence-electron chi connectivity index (χ0n) is 28.5. The Hall–Kier alpha value is 0. The minimum atomic E-state index is 0. The molecule has 0 aromatic rings. The lowest BCUT2D eigenvalue weighted by molar-refractivity contribution is 0.656. The number of rotatable bonds is 8. The topological polar surface area (TPSA) is 0 Å². The SMILES string of the molecule is C.C.CC.CC.CC.CC.CC.CC.CCC.CCC.CCCCCCC.CCCCCCC. The van der Waals surface area contributed by atoms with Crippen molar-refractivity contribution in [2.24, 2.45) is 0 Å². The first kappa shape index (κ1) is 76.5. The van der Waals surface area contributed by atoms with Crippen LogP contribution in [0.25, 0.3) is 0 Å². The molecule has 0 radical (unpaired) electrons. The van der Waals surface area contributed by atoms with Crippen LogP contribution >= 0.6 is 0 Å². The lowest BCUT2D eigenvalue weighted by Gasteiger charge is -1.90. The molecule has 0 heterocycles. The molecule has 0 saturated carbocycles. The highest BCUT2D eigenvalue weighted by Crippen LogP contribution is 2.00. The molecule has 0 spiro atoms. The van der Waals surface area contributed by atoms with Crippen LogP contribution in [0.1, 0.15) is 230 Å². The van der Waals surface area contributed by atoms with Crippen LogP contribution in [-0.4, -0.2) is 0 Å². The van der Waals surface area contributed by atoms with Crippen LogP contribution in [0, 0.1) is 0 Å². The van der Waals surface area contributed by atoms with E-state index in [9.17, 15) is 0 Å². The lowest BCUT2D eigenvalue weighted by Crippen LogP contribution is -1.70. The molecule has 0 nitrogen and oxygen atoms in total. The summed E-state index contributed by atoms with van der Waals surface area (Å²) in [6, 6.07) is 0. The Kier molecular flexibility index (Phi) is 528. The average Bonchev–Trinajstić information content (AvgIpc) is 2.89. The van der Waals surface area contributed by atoms with Gasteiger partial charge in [0.25, 0.3) is 0 Å². The molecule has 0 aromatic heterocycles. The minimum Gasteiger partial charge on any atom is -0.0776 e. The zero-order valence-corrected chi connectivity index (χ0v) is 28.5. The van der Waals surface area contributed by atoms with Crippen LogP contribution < -0.4 is 0 Å². The van der Waals surface area contributed by atoms with Gasteiger partial charge < -0.3 is 0 Å². The molecule has 34 heavy (non-hydrogen) atoms. The molecule has 0 aromatic carbocycles. The maximum absolute atomic E-state index is 2.25. The highest BCUT2D eigenvalue weighted by atomic mass is 13.9. The highest BCUT2D eigenvalue weighted by molar-refractivity contribution is 4.36. The first-order valence-corrected chi connectivity index (χ1v) is 15.7. The van der Waals surface area contributed by atoms with Gasteiger partial charge in [-0.2, -0.15) is 0 Å². The molecule has 0 heteroatoms. The van der Waals surface area contributed by atoms with E-state index in [1.54, 1.807) is 0 Å². The van der Waals surface area contributed by atoms with Crippen molar-refractivity contribution in [2.45, 2.75) is 230 Å². The van der Waals surface area contributed by atoms with Crippen molar-refractivity contribution in [3.8, 4) is 0 Å². The van der Waals surface area contributed by atoms with Gasteiger partial charge >= 0.3 is 0 Å². The Morgan fingerprint density at radius 3 is 0.382 bits per heavy atom. The Balaban J connectivity index is -0.0000000167. The van der Waals surface area contributed by atoms with Gasteiger partial charge in [0.05, 0.1) is 0 Å². The summed E-state index contributed by atoms with van der Waals surface area (Å²) in [5.74, 6) is 0. The molecular formula is C34H92. The number of unbranched alkanes of at least 4 members (excludes halogenated alkanes) is 8. The Morgan fingerprint density at radius 1 is 0.235 bits per heavy atom. The van der Waals surface area contributed by atoms with E-state index in [-0.39, 0.29) is 14.9 Å². The molecule has 0 N–H and O–H groups in total. The predicted molar refractivity (Wildman–Crippen MR) is 182 cm³/mol. The molecule has 0 fully saturated rings. The molecule has 0 saturated heterocycles. The summed E-state index contributed by atoms with van der Waals surface area (Å²) in [6.45, 7) is 41.5. The van der Waals surface area contributed by atoms with Crippen LogP contribution in [0.5, 0.6) is 0 Å². The summed E-state index contributed by atoms with van der Waals surface area (Å²) in [5, 5.41) is 0. The third-order valence-electron chi connectivity index (χ3n) is 2.41. The van der Waals surface area contributed by atoms with Crippen LogP contribution in [0.3, 0.4) is 0 Å². The van der Waals surface area contributed by atoms with Crippen LogP contribution in [-0.2, 0) is 0 Å². The van der Waals surface area contributed by atoms with Crippen molar-refractivity contribution in [3.63, 3.8) is 0 Å². The van der Waals surface area contributed by atoms with E-state index in [0.717, 1.165) is 0 Å². The highest BCUT2D eigenvalue weighted by Gasteiger charge is 1.80. The molecule has 0 bridgehead atoms. The van der Waals surface area contributed by atoms with Crippen LogP contribution in [0.2, 0.25) is 0 Å². The molecule has 0 aliphatic heterocycles. The maximum Gasteiger partial charge on any atom is -0.0533 e. The molecule has 0 aliphatic rings. The first-order valence-electron chi connectivity index (χ1n) is 15.7. The molecule has 0 rings (SSSR count). The van der Waals surface area contributed by atoms with Gasteiger partial charge in [-0.3, -0.25) is 0 Å². The van der Waals surface area contributed by atoms with Gasteiger partial charge in [-0.1, -0.05) is 230 Å². The quantitative estimate of drug-likeness (QED) is 0.290. The molecule has 0 atom stereocenters. The molecule has 0 amide bonds. The Morgan fingerprint density at radius 2 is 0.324 bits per heavy atom. The van der Waals surface area contributed by atoms with Gasteiger partial charge in [-0.15, -0.1) is 0 Å². The van der Waals surface area contributed by atoms with E-state index in [4.69, 9.17) is 0 Å². The van der Waals surface area contributed by atoms with E-state index >= 15 is 0 Å². The lowest BCUT2D eigenvalue weighted by atomic mass is 10.2. The summed E-state index contributed by atoms with van der Waals surface area (Å²) in [4.78, 5) is 0. The monoisotopic (exact) mass is 501 g/mol. The maximum atomic E-state index is 2.25. The molecular weight excluding hydrogens is 408 g/mol. The van der Waals surface area contributed by atoms with Gasteiger partial charge in [0.2, 0.25) is 0 Å². The minimum absolute atomic E-state index is 0. The summed E-state index contributed by atoms with van der Waals surface area (Å²) in [6.07, 6.45) is 16.5. The van der Waals surface area contributed by atoms with Crippen molar-refractivity contribution in [1.82, 2.24) is 0 Å². The largest absolute Gasteiger partial charge is 0.0776 e. The fourth-order valence-electron chi connectivity index (χ4n) is 1.35. The average molecular weight is 501 g/mol. The smallest absolute Gasteiger partial charge is 0.0533 e. The number of hydrogen-bond acceptors (Lipinski definition) is 0. The van der Waals surface area contributed by atoms with Crippen molar-refractivity contribution in [2.75, 3.05) is 0 Å². The standard InChI is InChI=1S/2C7H16.2C3H8.6C2H6.2CH4/c2*1-3-5-7-6-4-2;2*1-3-2;6*1-2;;/h2*3-7H2,1-2H3;2*3H2,1-2H3;6*1-2H3;2*1H4. The summed E-state index contributed by atoms with van der Waals surface area (Å²) >= 11 is 0. The van der Waals surface area contributed by atoms with Crippen molar-refractivity contribution in [3.05, 3.63) is 0 Å². The van der Waals surface area contributed by atoms with Crippen LogP contribution in [0.4, 0.5) is 0 Å². The second-order valence-electron chi connectivity index (χ2n) is 5.54. The van der Waals surface area contributed by atoms with Gasteiger partial charge in [0, 0.05) is 0 Å². The van der Waals surface area contributed by atoms with Crippen molar-refractivity contribution in [1.29, 1.82) is 0 Å². The van der Waals surface area contributed by atoms with E-state index in [0.29, 0.717) is 0 Å². The first-order chi connectivity index (χ1) is 15.7. The zero-order chi connectivity index (χ0) is 28.5. The van der Waals surface area contributed by atoms with Gasteiger partial charge in [-0.25, -0.2) is 0 Å². The van der Waals surface area contributed by atoms with Crippen LogP contribution in [0.15, 0.2) is 0 Å². The second-order valence-corrected chi connectivity index (χ2v) is 5.54. The second kappa shape index (κ2) is 235. The van der Waals surface area contributed by atoms with E-state index in [1.807, 2.05) is 83.1 Å². The molecule has 0 aliphatic carbocycles. The third-order valence-corrected chi connectivity index (χ3v) is 2.41. The fraction of sp³-hybridized carbons (Fsp3) is 1.00. The van der Waals surface area contributed by atoms with Gasteiger partial charge in [0.15, 0.2) is 0 Å². The predicted octanol–water partition coefficient (Wildman–Crippen LogP) is 16.2. The molecule has 0 unspecified atom stereocenters. The Bertz CT molecular complexity index is 66.0. The van der Waals surface area contributed by atoms with E-state index in [2.05, 4.69) is 55.4 Å². The van der Waals surface area contributed by atoms with Crippen molar-refractivity contribution >= 4 is 0 Å². The summed E-state index contributed by atoms with van der Waals surface area (Å²) < 4.78 is 0. The molecule has 228 valence electrons. The van der Waals surface area contributed by atoms with Gasteiger partial charge in [-0.05, 0) is 0 Å². The third kappa shape index (κ3) is 480. The normalized spacial score (nSPS) is 6.00. The van der Waals surface area contributed by atoms with E-state index in [1.165, 1.54) is 77.0 Å². The summed E-state index contributed by atoms with van der Waals surface area (Å²) in [5.41, 5.74) is 0.